The number of methoxy groups -OCH3 is 1. The van der Waals surface area contributed by atoms with Crippen molar-refractivity contribution in [3.8, 4) is 0 Å². The Labute approximate surface area is 161 Å². The number of ether oxygens (including phenoxy) is 1. The van der Waals surface area contributed by atoms with Crippen LogP contribution in [0.15, 0.2) is 47.8 Å². The van der Waals surface area contributed by atoms with E-state index >= 15 is 0 Å². The van der Waals surface area contributed by atoms with Crippen molar-refractivity contribution >= 4 is 29.1 Å². The van der Waals surface area contributed by atoms with Gasteiger partial charge in [-0.25, -0.2) is 0 Å². The Morgan fingerprint density at radius 1 is 1.19 bits per heavy atom. The van der Waals surface area contributed by atoms with Crippen molar-refractivity contribution in [2.75, 3.05) is 14.2 Å². The number of thiophene rings is 1. The molecule has 140 valence electrons. The van der Waals surface area contributed by atoms with E-state index in [2.05, 4.69) is 5.32 Å². The first-order chi connectivity index (χ1) is 13.0. The minimum atomic E-state index is -1.28. The zero-order valence-electron chi connectivity index (χ0n) is 15.0. The van der Waals surface area contributed by atoms with Gasteiger partial charge in [-0.15, -0.1) is 11.3 Å². The Morgan fingerprint density at radius 2 is 1.93 bits per heavy atom. The Hall–Kier alpha value is -2.51. The Morgan fingerprint density at radius 3 is 2.56 bits per heavy atom. The van der Waals surface area contributed by atoms with Crippen LogP contribution in [0.2, 0.25) is 0 Å². The summed E-state index contributed by atoms with van der Waals surface area (Å²) in [6.07, 6.45) is 0.274. The second-order valence-electron chi connectivity index (χ2n) is 7.00. The van der Waals surface area contributed by atoms with E-state index in [0.717, 1.165) is 15.3 Å². The van der Waals surface area contributed by atoms with Crippen LogP contribution in [0.1, 0.15) is 16.5 Å². The predicted molar refractivity (Wildman–Crippen MR) is 99.8 cm³/mol. The first-order valence-corrected chi connectivity index (χ1v) is 9.62. The van der Waals surface area contributed by atoms with Crippen LogP contribution < -0.4 is 5.32 Å². The number of fused-ring (bicyclic) bond motifs is 1. The van der Waals surface area contributed by atoms with Crippen LogP contribution in [-0.2, 0) is 25.5 Å². The average Bonchev–Trinajstić information content (AvgIpc) is 3.37. The van der Waals surface area contributed by atoms with Gasteiger partial charge >= 0.3 is 5.97 Å². The zero-order chi connectivity index (χ0) is 19.2. The van der Waals surface area contributed by atoms with Gasteiger partial charge in [-0.3, -0.25) is 24.6 Å². The minimum Gasteiger partial charge on any atom is -0.468 e. The summed E-state index contributed by atoms with van der Waals surface area (Å²) in [5.74, 6) is -2.52. The molecule has 27 heavy (non-hydrogen) atoms. The van der Waals surface area contributed by atoms with Gasteiger partial charge in [0.15, 0.2) is 0 Å². The van der Waals surface area contributed by atoms with Gasteiger partial charge in [-0.2, -0.15) is 0 Å². The summed E-state index contributed by atoms with van der Waals surface area (Å²) < 4.78 is 5.12. The molecular weight excluding hydrogens is 364 g/mol. The summed E-state index contributed by atoms with van der Waals surface area (Å²) in [5.41, 5.74) is -0.386. The van der Waals surface area contributed by atoms with E-state index in [1.807, 2.05) is 47.8 Å². The van der Waals surface area contributed by atoms with Crippen LogP contribution >= 0.6 is 11.3 Å². The quantitative estimate of drug-likeness (QED) is 0.642. The molecule has 0 spiro atoms. The molecule has 3 heterocycles. The molecule has 0 radical (unpaired) electrons. The highest BCUT2D eigenvalue weighted by atomic mass is 32.1. The van der Waals surface area contributed by atoms with Crippen LogP contribution in [0.4, 0.5) is 0 Å². The number of esters is 1. The molecule has 0 aliphatic carbocycles. The molecule has 2 aliphatic heterocycles. The van der Waals surface area contributed by atoms with Gasteiger partial charge < -0.3 is 4.74 Å². The van der Waals surface area contributed by atoms with E-state index in [1.54, 1.807) is 0 Å². The molecule has 7 heteroatoms. The third kappa shape index (κ3) is 2.61. The summed E-state index contributed by atoms with van der Waals surface area (Å²) >= 11 is 1.50. The lowest BCUT2D eigenvalue weighted by Gasteiger charge is -2.32. The SMILES string of the molecule is COC(=O)[C@]1(Cc2ccccc2)N[C@H](c2cccs2)[C@@H]2C(=O)N(C)C(=O)[C@@H]21. The molecule has 1 N–H and O–H groups in total. The van der Waals surface area contributed by atoms with Gasteiger partial charge in [-0.05, 0) is 17.0 Å². The van der Waals surface area contributed by atoms with E-state index in [-0.39, 0.29) is 18.2 Å². The van der Waals surface area contributed by atoms with Crippen LogP contribution in [0.3, 0.4) is 0 Å². The summed E-state index contributed by atoms with van der Waals surface area (Å²) in [4.78, 5) is 40.9. The third-order valence-electron chi connectivity index (χ3n) is 5.60. The second-order valence-corrected chi connectivity index (χ2v) is 7.98. The van der Waals surface area contributed by atoms with Crippen molar-refractivity contribution in [2.24, 2.45) is 11.8 Å². The molecule has 2 aliphatic rings. The number of carbonyl (C=O) groups excluding carboxylic acids is 3. The second kappa shape index (κ2) is 6.58. The van der Waals surface area contributed by atoms with Gasteiger partial charge in [0.05, 0.1) is 25.0 Å². The minimum absolute atomic E-state index is 0.255. The van der Waals surface area contributed by atoms with Crippen molar-refractivity contribution in [1.82, 2.24) is 10.2 Å². The number of likely N-dealkylation sites (tertiary alicyclic amines) is 1. The van der Waals surface area contributed by atoms with Gasteiger partial charge in [0.1, 0.15) is 5.54 Å². The highest BCUT2D eigenvalue weighted by Gasteiger charge is 2.68. The fraction of sp³-hybridized carbons (Fsp3) is 0.350. The van der Waals surface area contributed by atoms with Crippen LogP contribution in [0.5, 0.6) is 0 Å². The number of amides is 2. The van der Waals surface area contributed by atoms with E-state index < -0.39 is 29.4 Å². The highest BCUT2D eigenvalue weighted by molar-refractivity contribution is 7.10. The zero-order valence-corrected chi connectivity index (χ0v) is 15.9. The monoisotopic (exact) mass is 384 g/mol. The number of rotatable bonds is 4. The molecule has 6 nitrogen and oxygen atoms in total. The maximum absolute atomic E-state index is 13.0. The molecule has 0 unspecified atom stereocenters. The lowest BCUT2D eigenvalue weighted by molar-refractivity contribution is -0.153. The molecule has 0 saturated carbocycles. The van der Waals surface area contributed by atoms with Crippen molar-refractivity contribution in [1.29, 1.82) is 0 Å². The summed E-state index contributed by atoms with van der Waals surface area (Å²) in [5, 5.41) is 5.28. The molecule has 1 aromatic carbocycles. The number of imide groups is 1. The third-order valence-corrected chi connectivity index (χ3v) is 6.56. The van der Waals surface area contributed by atoms with E-state index in [1.165, 1.54) is 25.5 Å². The van der Waals surface area contributed by atoms with Crippen molar-refractivity contribution in [3.63, 3.8) is 0 Å². The van der Waals surface area contributed by atoms with Crippen molar-refractivity contribution in [2.45, 2.75) is 18.0 Å². The standard InChI is InChI=1S/C20H20N2O4S/c1-22-17(23)14-15(18(22)24)20(19(25)26-2,11-12-7-4-3-5-8-12)21-16(14)13-9-6-10-27-13/h3-10,14-16,21H,11H2,1-2H3/t14-,15-,16-,20-/m1/s1. The molecule has 1 aromatic heterocycles. The number of hydrogen-bond donors (Lipinski definition) is 1. The fourth-order valence-corrected chi connectivity index (χ4v) is 5.21. The predicted octanol–water partition coefficient (Wildman–Crippen LogP) is 1.78. The molecule has 0 bridgehead atoms. The number of benzene rings is 1. The van der Waals surface area contributed by atoms with Crippen molar-refractivity contribution in [3.05, 3.63) is 58.3 Å². The van der Waals surface area contributed by atoms with E-state index in [0.29, 0.717) is 0 Å². The van der Waals surface area contributed by atoms with Crippen LogP contribution in [0, 0.1) is 11.8 Å². The van der Waals surface area contributed by atoms with Gasteiger partial charge in [0.25, 0.3) is 0 Å². The first-order valence-electron chi connectivity index (χ1n) is 8.74. The number of carbonyl (C=O) groups is 3. The molecule has 2 saturated heterocycles. The molecule has 2 fully saturated rings. The maximum Gasteiger partial charge on any atom is 0.327 e. The molecular formula is C20H20N2O4S. The molecule has 4 rings (SSSR count). The summed E-state index contributed by atoms with van der Waals surface area (Å²) in [6.45, 7) is 0. The van der Waals surface area contributed by atoms with Gasteiger partial charge in [0.2, 0.25) is 11.8 Å². The van der Waals surface area contributed by atoms with E-state index in [4.69, 9.17) is 4.74 Å². The van der Waals surface area contributed by atoms with Crippen molar-refractivity contribution < 1.29 is 19.1 Å². The highest BCUT2D eigenvalue weighted by Crippen LogP contribution is 2.50. The smallest absolute Gasteiger partial charge is 0.327 e. The number of nitrogens with zero attached hydrogens (tertiary/aromatic N) is 1. The van der Waals surface area contributed by atoms with Crippen LogP contribution in [0.25, 0.3) is 0 Å². The summed E-state index contributed by atoms with van der Waals surface area (Å²) in [6, 6.07) is 12.9. The number of hydrogen-bond acceptors (Lipinski definition) is 6. The molecule has 2 amide bonds. The fourth-order valence-electron chi connectivity index (χ4n) is 4.38. The van der Waals surface area contributed by atoms with Gasteiger partial charge in [0, 0.05) is 18.3 Å². The maximum atomic E-state index is 13.0. The lowest BCUT2D eigenvalue weighted by atomic mass is 9.76. The first kappa shape index (κ1) is 17.9. The topological polar surface area (TPSA) is 75.7 Å². The molecule has 2 aromatic rings. The number of nitrogens with one attached hydrogen (secondary N) is 1. The summed E-state index contributed by atoms with van der Waals surface area (Å²) in [7, 11) is 2.80. The molecule has 4 atom stereocenters. The lowest BCUT2D eigenvalue weighted by Crippen LogP contribution is -2.57. The Bertz CT molecular complexity index is 883. The average molecular weight is 384 g/mol. The van der Waals surface area contributed by atoms with E-state index in [9.17, 15) is 14.4 Å². The largest absolute Gasteiger partial charge is 0.468 e. The Balaban J connectivity index is 1.85. The normalized spacial score (nSPS) is 29.9. The van der Waals surface area contributed by atoms with Gasteiger partial charge in [-0.1, -0.05) is 36.4 Å². The van der Waals surface area contributed by atoms with Crippen LogP contribution in [-0.4, -0.2) is 42.4 Å². The Kier molecular flexibility index (Phi) is 4.36.